The number of nitrogens with zero attached hydrogens (tertiary/aromatic N) is 2. The summed E-state index contributed by atoms with van der Waals surface area (Å²) in [5, 5.41) is 0. The number of hydrogen-bond donors (Lipinski definition) is 0. The third kappa shape index (κ3) is 1.25. The lowest BCUT2D eigenvalue weighted by Crippen LogP contribution is -1.80. The zero-order valence-corrected chi connectivity index (χ0v) is 6.36. The molecule has 0 unspecified atom stereocenters. The monoisotopic (exact) mass is 154 g/mol. The van der Waals surface area contributed by atoms with Crippen LogP contribution in [0, 0.1) is 12.1 Å². The Morgan fingerprint density at radius 1 is 1.08 bits per heavy atom. The number of hydrogen-bond acceptors (Lipinski definition) is 2. The van der Waals surface area contributed by atoms with E-state index in [1.807, 2.05) is 12.1 Å². The molecular formula is C10H6N2. The van der Waals surface area contributed by atoms with E-state index in [0.717, 1.165) is 11.3 Å². The first kappa shape index (κ1) is 6.81. The Morgan fingerprint density at radius 3 is 2.58 bits per heavy atom. The third-order valence-electron chi connectivity index (χ3n) is 1.54. The van der Waals surface area contributed by atoms with E-state index in [1.54, 1.807) is 24.7 Å². The molecule has 2 aromatic heterocycles. The van der Waals surface area contributed by atoms with Crippen LogP contribution in [0.15, 0.2) is 36.8 Å². The largest absolute Gasteiger partial charge is 0.265 e. The molecule has 0 saturated carbocycles. The summed E-state index contributed by atoms with van der Waals surface area (Å²) in [7, 11) is 0. The number of pyridine rings is 1. The van der Waals surface area contributed by atoms with Crippen molar-refractivity contribution in [2.24, 2.45) is 0 Å². The van der Waals surface area contributed by atoms with Gasteiger partial charge in [0.05, 0.1) is 11.9 Å². The molecule has 0 atom stereocenters. The summed E-state index contributed by atoms with van der Waals surface area (Å²) < 4.78 is 0. The molecule has 2 rings (SSSR count). The maximum atomic E-state index is 4.13. The molecule has 0 N–H and O–H groups in total. The van der Waals surface area contributed by atoms with Gasteiger partial charge in [-0.25, -0.2) is 4.98 Å². The highest BCUT2D eigenvalue weighted by Crippen LogP contribution is 2.12. The van der Waals surface area contributed by atoms with Crippen LogP contribution in [0.4, 0.5) is 0 Å². The van der Waals surface area contributed by atoms with Crippen molar-refractivity contribution in [3.8, 4) is 11.3 Å². The molecule has 12 heavy (non-hydrogen) atoms. The Morgan fingerprint density at radius 2 is 1.92 bits per heavy atom. The van der Waals surface area contributed by atoms with Crippen molar-refractivity contribution >= 4 is 0 Å². The van der Waals surface area contributed by atoms with Crippen LogP contribution < -0.4 is 0 Å². The van der Waals surface area contributed by atoms with Crippen LogP contribution in [-0.4, -0.2) is 9.97 Å². The Hall–Kier alpha value is -1.88. The van der Waals surface area contributed by atoms with Crippen molar-refractivity contribution in [3.63, 3.8) is 0 Å². The van der Waals surface area contributed by atoms with Crippen LogP contribution in [0.5, 0.6) is 0 Å². The maximum absolute atomic E-state index is 4.13. The van der Waals surface area contributed by atoms with Gasteiger partial charge in [-0.15, -0.1) is 0 Å². The fourth-order valence-electron chi connectivity index (χ4n) is 0.967. The lowest BCUT2D eigenvalue weighted by Gasteiger charge is -1.94. The molecule has 2 heteroatoms. The molecular weight excluding hydrogens is 148 g/mol. The molecule has 0 fully saturated rings. The summed E-state index contributed by atoms with van der Waals surface area (Å²) in [5.41, 5.74) is 1.95. The van der Waals surface area contributed by atoms with Gasteiger partial charge < -0.3 is 0 Å². The molecule has 0 spiro atoms. The average molecular weight is 154 g/mol. The average Bonchev–Trinajstić information content (AvgIpc) is 2.21. The topological polar surface area (TPSA) is 25.8 Å². The van der Waals surface area contributed by atoms with E-state index in [9.17, 15) is 0 Å². The van der Waals surface area contributed by atoms with Crippen molar-refractivity contribution in [2.75, 3.05) is 0 Å². The predicted molar refractivity (Wildman–Crippen MR) is 45.1 cm³/mol. The van der Waals surface area contributed by atoms with Crippen LogP contribution in [0.25, 0.3) is 11.3 Å². The fourth-order valence-corrected chi connectivity index (χ4v) is 0.967. The Balaban J connectivity index is 2.46. The molecule has 2 aromatic rings. The summed E-state index contributed by atoms with van der Waals surface area (Å²) in [4.78, 5) is 8.06. The van der Waals surface area contributed by atoms with E-state index in [1.165, 1.54) is 0 Å². The number of rotatable bonds is 1. The van der Waals surface area contributed by atoms with Gasteiger partial charge in [-0.3, -0.25) is 4.98 Å². The van der Waals surface area contributed by atoms with Crippen molar-refractivity contribution in [1.29, 1.82) is 0 Å². The zero-order valence-electron chi connectivity index (χ0n) is 6.36. The molecule has 2 heterocycles. The minimum absolute atomic E-state index is 0.899. The van der Waals surface area contributed by atoms with E-state index < -0.39 is 0 Å². The summed E-state index contributed by atoms with van der Waals surface area (Å²) in [6, 6.07) is 11.2. The Labute approximate surface area is 70.9 Å². The van der Waals surface area contributed by atoms with Gasteiger partial charge >= 0.3 is 0 Å². The second kappa shape index (κ2) is 3.02. The standard InChI is InChI=1S/C10H6N2/c1-2-6-12-10(3-1)9-4-7-11-8-5-9/h3-8H. The first-order valence-corrected chi connectivity index (χ1v) is 3.61. The van der Waals surface area contributed by atoms with Gasteiger partial charge in [-0.1, -0.05) is 6.07 Å². The minimum atomic E-state index is 0.899. The summed E-state index contributed by atoms with van der Waals surface area (Å²) in [6.45, 7) is 0. The minimum Gasteiger partial charge on any atom is -0.265 e. The summed E-state index contributed by atoms with van der Waals surface area (Å²) in [5.74, 6) is 0. The van der Waals surface area contributed by atoms with Crippen molar-refractivity contribution in [3.05, 3.63) is 48.9 Å². The van der Waals surface area contributed by atoms with Gasteiger partial charge in [0.1, 0.15) is 0 Å². The van der Waals surface area contributed by atoms with Crippen LogP contribution in [0.2, 0.25) is 0 Å². The van der Waals surface area contributed by atoms with Gasteiger partial charge in [0.25, 0.3) is 0 Å². The molecule has 2 nitrogen and oxygen atoms in total. The number of aromatic nitrogens is 2. The van der Waals surface area contributed by atoms with Gasteiger partial charge in [0.2, 0.25) is 0 Å². The third-order valence-corrected chi connectivity index (χ3v) is 1.54. The quantitative estimate of drug-likeness (QED) is 0.625. The molecule has 0 amide bonds. The highest BCUT2D eigenvalue weighted by atomic mass is 14.7. The molecule has 0 aliphatic rings. The summed E-state index contributed by atoms with van der Waals surface area (Å²) in [6.07, 6.45) is 5.09. The van der Waals surface area contributed by atoms with Crippen molar-refractivity contribution in [2.45, 2.75) is 0 Å². The maximum Gasteiger partial charge on any atom is 0.0794 e. The lowest BCUT2D eigenvalue weighted by molar-refractivity contribution is 1.29. The van der Waals surface area contributed by atoms with Crippen LogP contribution in [0.3, 0.4) is 0 Å². The first-order chi connectivity index (χ1) is 5.97. The van der Waals surface area contributed by atoms with Crippen LogP contribution >= 0.6 is 0 Å². The van der Waals surface area contributed by atoms with E-state index in [2.05, 4.69) is 22.1 Å². The van der Waals surface area contributed by atoms with E-state index in [0.29, 0.717) is 0 Å². The van der Waals surface area contributed by atoms with Gasteiger partial charge in [-0.2, -0.15) is 0 Å². The van der Waals surface area contributed by atoms with Crippen LogP contribution in [-0.2, 0) is 0 Å². The summed E-state index contributed by atoms with van der Waals surface area (Å²) >= 11 is 0. The van der Waals surface area contributed by atoms with Crippen molar-refractivity contribution < 1.29 is 0 Å². The highest BCUT2D eigenvalue weighted by Gasteiger charge is 1.93. The molecule has 0 saturated heterocycles. The van der Waals surface area contributed by atoms with Gasteiger partial charge in [0.15, 0.2) is 0 Å². The second-order valence-electron chi connectivity index (χ2n) is 2.31. The Bertz CT molecular complexity index is 305. The molecule has 0 bridgehead atoms. The smallest absolute Gasteiger partial charge is 0.0794 e. The van der Waals surface area contributed by atoms with Gasteiger partial charge in [-0.05, 0) is 18.2 Å². The molecule has 0 aliphatic carbocycles. The van der Waals surface area contributed by atoms with E-state index >= 15 is 0 Å². The fraction of sp³-hybridized carbons (Fsp3) is 0. The molecule has 0 aromatic carbocycles. The zero-order chi connectivity index (χ0) is 8.23. The normalized spacial score (nSPS) is 9.00. The predicted octanol–water partition coefficient (Wildman–Crippen LogP) is 1.74. The second-order valence-corrected chi connectivity index (χ2v) is 2.31. The molecule has 0 aliphatic heterocycles. The molecule has 56 valence electrons. The lowest BCUT2D eigenvalue weighted by atomic mass is 10.2. The van der Waals surface area contributed by atoms with Crippen LogP contribution in [0.1, 0.15) is 0 Å². The first-order valence-electron chi connectivity index (χ1n) is 3.61. The highest BCUT2D eigenvalue weighted by molar-refractivity contribution is 5.56. The van der Waals surface area contributed by atoms with Crippen molar-refractivity contribution in [1.82, 2.24) is 9.97 Å². The SMILES string of the molecule is c1cnc(-c2ccncc2)cc#1. The molecule has 0 radical (unpaired) electrons. The Kier molecular flexibility index (Phi) is 1.71. The van der Waals surface area contributed by atoms with Gasteiger partial charge in [0, 0.05) is 24.0 Å². The van der Waals surface area contributed by atoms with E-state index in [-0.39, 0.29) is 0 Å². The van der Waals surface area contributed by atoms with E-state index in [4.69, 9.17) is 0 Å².